The highest BCUT2D eigenvalue weighted by atomic mass is 35.5. The van der Waals surface area contributed by atoms with Crippen molar-refractivity contribution in [1.82, 2.24) is 0 Å². The summed E-state index contributed by atoms with van der Waals surface area (Å²) in [5, 5.41) is 0.109. The first-order valence-electron chi connectivity index (χ1n) is 7.79. The molecule has 0 saturated carbocycles. The van der Waals surface area contributed by atoms with E-state index in [1.807, 2.05) is 6.07 Å². The summed E-state index contributed by atoms with van der Waals surface area (Å²) in [4.78, 5) is 12.9. The van der Waals surface area contributed by atoms with E-state index in [-0.39, 0.29) is 17.3 Å². The number of benzene rings is 2. The van der Waals surface area contributed by atoms with Gasteiger partial charge in [-0.25, -0.2) is 4.79 Å². The van der Waals surface area contributed by atoms with Crippen LogP contribution < -0.4 is 4.31 Å². The third kappa shape index (κ3) is 5.08. The van der Waals surface area contributed by atoms with Crippen LogP contribution in [0.5, 0.6) is 0 Å². The SMILES string of the molecule is CCOC(=O)C(C)N(Sc1ccccc1)c1cc(C(F)(F)F)ccc1Cl. The summed E-state index contributed by atoms with van der Waals surface area (Å²) in [6.45, 7) is 3.39. The smallest absolute Gasteiger partial charge is 0.416 e. The molecule has 2 rings (SSSR count). The van der Waals surface area contributed by atoms with Gasteiger partial charge in [-0.05, 0) is 56.1 Å². The molecule has 1 unspecified atom stereocenters. The number of hydrogen-bond donors (Lipinski definition) is 0. The summed E-state index contributed by atoms with van der Waals surface area (Å²) in [6.07, 6.45) is -4.52. The molecule has 8 heteroatoms. The number of esters is 1. The second-order valence-corrected chi connectivity index (χ2v) is 6.78. The van der Waals surface area contributed by atoms with Gasteiger partial charge in [-0.2, -0.15) is 13.2 Å². The molecule has 0 saturated heterocycles. The molecule has 0 bridgehead atoms. The highest BCUT2D eigenvalue weighted by Crippen LogP contribution is 2.40. The van der Waals surface area contributed by atoms with Gasteiger partial charge in [-0.3, -0.25) is 4.31 Å². The van der Waals surface area contributed by atoms with E-state index in [0.29, 0.717) is 0 Å². The van der Waals surface area contributed by atoms with Crippen LogP contribution in [0.3, 0.4) is 0 Å². The monoisotopic (exact) mass is 403 g/mol. The molecule has 2 aromatic carbocycles. The maximum atomic E-state index is 13.1. The molecule has 0 spiro atoms. The molecular formula is C18H17ClF3NO2S. The quantitative estimate of drug-likeness (QED) is 0.448. The van der Waals surface area contributed by atoms with Gasteiger partial charge in [0, 0.05) is 4.90 Å². The fourth-order valence-corrected chi connectivity index (χ4v) is 3.41. The van der Waals surface area contributed by atoms with E-state index in [9.17, 15) is 18.0 Å². The second kappa shape index (κ2) is 8.68. The molecule has 0 aliphatic carbocycles. The molecule has 0 radical (unpaired) electrons. The first-order chi connectivity index (χ1) is 12.2. The largest absolute Gasteiger partial charge is 0.464 e. The molecule has 0 aromatic heterocycles. The molecule has 26 heavy (non-hydrogen) atoms. The maximum absolute atomic E-state index is 13.1. The Morgan fingerprint density at radius 1 is 1.23 bits per heavy atom. The Morgan fingerprint density at radius 3 is 2.46 bits per heavy atom. The van der Waals surface area contributed by atoms with Crippen LogP contribution in [0, 0.1) is 0 Å². The predicted octanol–water partition coefficient (Wildman–Crippen LogP) is 5.82. The van der Waals surface area contributed by atoms with Gasteiger partial charge in [0.1, 0.15) is 6.04 Å². The number of hydrogen-bond acceptors (Lipinski definition) is 4. The number of anilines is 1. The van der Waals surface area contributed by atoms with Gasteiger partial charge in [0.25, 0.3) is 0 Å². The highest BCUT2D eigenvalue weighted by Gasteiger charge is 2.33. The first kappa shape index (κ1) is 20.5. The minimum Gasteiger partial charge on any atom is -0.464 e. The summed E-state index contributed by atoms with van der Waals surface area (Å²) in [5.41, 5.74) is -0.748. The van der Waals surface area contributed by atoms with E-state index in [1.165, 1.54) is 10.4 Å². The molecule has 0 fully saturated rings. The topological polar surface area (TPSA) is 29.5 Å². The zero-order chi connectivity index (χ0) is 19.3. The van der Waals surface area contributed by atoms with Crippen molar-refractivity contribution in [2.24, 2.45) is 0 Å². The average molecular weight is 404 g/mol. The number of rotatable bonds is 6. The Labute approximate surface area is 159 Å². The van der Waals surface area contributed by atoms with Crippen LogP contribution in [-0.4, -0.2) is 18.6 Å². The number of carbonyl (C=O) groups is 1. The van der Waals surface area contributed by atoms with E-state index in [1.54, 1.807) is 38.1 Å². The summed E-state index contributed by atoms with van der Waals surface area (Å²) in [5.74, 6) is -0.551. The van der Waals surface area contributed by atoms with Gasteiger partial charge < -0.3 is 4.74 Å². The first-order valence-corrected chi connectivity index (χ1v) is 8.94. The Hall–Kier alpha value is -1.86. The fraction of sp³-hybridized carbons (Fsp3) is 0.278. The van der Waals surface area contributed by atoms with Gasteiger partial charge in [0.15, 0.2) is 0 Å². The van der Waals surface area contributed by atoms with Gasteiger partial charge >= 0.3 is 12.1 Å². The van der Waals surface area contributed by atoms with Crippen LogP contribution in [0.1, 0.15) is 19.4 Å². The van der Waals surface area contributed by atoms with Gasteiger partial charge in [-0.15, -0.1) is 0 Å². The van der Waals surface area contributed by atoms with Crippen LogP contribution in [0.2, 0.25) is 5.02 Å². The lowest BCUT2D eigenvalue weighted by Crippen LogP contribution is -2.35. The van der Waals surface area contributed by atoms with Crippen LogP contribution >= 0.6 is 23.5 Å². The van der Waals surface area contributed by atoms with Crippen LogP contribution in [-0.2, 0) is 15.7 Å². The molecule has 3 nitrogen and oxygen atoms in total. The number of carbonyl (C=O) groups excluding carboxylic acids is 1. The summed E-state index contributed by atoms with van der Waals surface area (Å²) in [7, 11) is 0. The lowest BCUT2D eigenvalue weighted by Gasteiger charge is -2.29. The average Bonchev–Trinajstić information content (AvgIpc) is 2.60. The van der Waals surface area contributed by atoms with Crippen molar-refractivity contribution in [3.8, 4) is 0 Å². The molecule has 0 aliphatic rings. The fourth-order valence-electron chi connectivity index (χ4n) is 2.15. The summed E-state index contributed by atoms with van der Waals surface area (Å²) in [6, 6.07) is 11.2. The van der Waals surface area contributed by atoms with E-state index in [4.69, 9.17) is 16.3 Å². The molecular weight excluding hydrogens is 387 g/mol. The van der Waals surface area contributed by atoms with Crippen molar-refractivity contribution in [2.75, 3.05) is 10.9 Å². The van der Waals surface area contributed by atoms with E-state index < -0.39 is 23.8 Å². The molecule has 0 N–H and O–H groups in total. The van der Waals surface area contributed by atoms with Crippen molar-refractivity contribution in [2.45, 2.75) is 31.0 Å². The lowest BCUT2D eigenvalue weighted by atomic mass is 10.2. The molecule has 0 amide bonds. The molecule has 1 atom stereocenters. The lowest BCUT2D eigenvalue weighted by molar-refractivity contribution is -0.144. The highest BCUT2D eigenvalue weighted by molar-refractivity contribution is 8.00. The molecule has 0 heterocycles. The Balaban J connectivity index is 2.47. The van der Waals surface area contributed by atoms with E-state index >= 15 is 0 Å². The van der Waals surface area contributed by atoms with Crippen LogP contribution in [0.25, 0.3) is 0 Å². The minimum absolute atomic E-state index is 0.0934. The second-order valence-electron chi connectivity index (χ2n) is 5.32. The number of alkyl halides is 3. The number of halogens is 4. The third-order valence-electron chi connectivity index (χ3n) is 3.44. The maximum Gasteiger partial charge on any atom is 0.416 e. The van der Waals surface area contributed by atoms with Crippen molar-refractivity contribution in [1.29, 1.82) is 0 Å². The van der Waals surface area contributed by atoms with Gasteiger partial charge in [0.2, 0.25) is 0 Å². The van der Waals surface area contributed by atoms with Crippen molar-refractivity contribution >= 4 is 35.2 Å². The van der Waals surface area contributed by atoms with Crippen molar-refractivity contribution < 1.29 is 22.7 Å². The van der Waals surface area contributed by atoms with Gasteiger partial charge in [-0.1, -0.05) is 29.8 Å². The van der Waals surface area contributed by atoms with E-state index in [2.05, 4.69) is 0 Å². The zero-order valence-corrected chi connectivity index (χ0v) is 15.7. The van der Waals surface area contributed by atoms with Crippen molar-refractivity contribution in [3.63, 3.8) is 0 Å². The standard InChI is InChI=1S/C18H17ClF3NO2S/c1-3-25-17(24)12(2)23(26-14-7-5-4-6-8-14)16-11-13(18(20,21)22)9-10-15(16)19/h4-12H,3H2,1-2H3. The minimum atomic E-state index is -4.52. The van der Waals surface area contributed by atoms with Crippen LogP contribution in [0.15, 0.2) is 53.4 Å². The Morgan fingerprint density at radius 2 is 1.88 bits per heavy atom. The summed E-state index contributed by atoms with van der Waals surface area (Å²) >= 11 is 7.28. The van der Waals surface area contributed by atoms with E-state index in [0.717, 1.165) is 29.0 Å². The molecule has 0 aliphatic heterocycles. The predicted molar refractivity (Wildman–Crippen MR) is 97.3 cm³/mol. The Kier molecular flexibility index (Phi) is 6.83. The normalized spacial score (nSPS) is 12.5. The third-order valence-corrected chi connectivity index (χ3v) is 4.95. The zero-order valence-electron chi connectivity index (χ0n) is 14.1. The van der Waals surface area contributed by atoms with Crippen molar-refractivity contribution in [3.05, 3.63) is 59.1 Å². The Bertz CT molecular complexity index is 756. The van der Waals surface area contributed by atoms with Crippen LogP contribution in [0.4, 0.5) is 18.9 Å². The number of nitrogens with zero attached hydrogens (tertiary/aromatic N) is 1. The molecule has 2 aromatic rings. The number of ether oxygens (including phenoxy) is 1. The summed E-state index contributed by atoms with van der Waals surface area (Å²) < 4.78 is 45.8. The van der Waals surface area contributed by atoms with Gasteiger partial charge in [0.05, 0.1) is 22.9 Å². The molecule has 140 valence electrons.